The van der Waals surface area contributed by atoms with Gasteiger partial charge in [-0.3, -0.25) is 4.79 Å². The number of rotatable bonds is 2. The van der Waals surface area contributed by atoms with Crippen molar-refractivity contribution >= 4 is 19.5 Å². The molecular formula is C12H14OSi. The van der Waals surface area contributed by atoms with Gasteiger partial charge in [0.15, 0.2) is 6.29 Å². The molecule has 0 atom stereocenters. The summed E-state index contributed by atoms with van der Waals surface area (Å²) >= 11 is 0. The molecule has 1 aromatic carbocycles. The van der Waals surface area contributed by atoms with Crippen LogP contribution in [-0.4, -0.2) is 14.4 Å². The van der Waals surface area contributed by atoms with Gasteiger partial charge in [-0.25, -0.2) is 0 Å². The summed E-state index contributed by atoms with van der Waals surface area (Å²) in [5.74, 6) is 2.55. The lowest BCUT2D eigenvalue weighted by molar-refractivity contribution is 0.112. The van der Waals surface area contributed by atoms with Crippen molar-refractivity contribution in [3.63, 3.8) is 0 Å². The molecule has 0 aliphatic heterocycles. The van der Waals surface area contributed by atoms with Gasteiger partial charge in [-0.05, 0) is 6.07 Å². The van der Waals surface area contributed by atoms with E-state index in [0.717, 1.165) is 6.29 Å². The molecule has 0 aliphatic carbocycles. The van der Waals surface area contributed by atoms with E-state index in [1.54, 1.807) is 0 Å². The smallest absolute Gasteiger partial charge is 0.151 e. The molecule has 0 fully saturated rings. The molecular weight excluding hydrogens is 188 g/mol. The number of carbonyl (C=O) groups excluding carboxylic acids is 1. The van der Waals surface area contributed by atoms with Crippen LogP contribution in [0.5, 0.6) is 0 Å². The molecule has 1 rings (SSSR count). The summed E-state index contributed by atoms with van der Waals surface area (Å²) < 4.78 is 0. The standard InChI is InChI=1S/C12H14OSi/c1-5-10-8-12(14(2,3)4)7-6-11(10)9-13/h1,6-9H,2-4H3. The van der Waals surface area contributed by atoms with E-state index >= 15 is 0 Å². The van der Waals surface area contributed by atoms with Gasteiger partial charge in [0.2, 0.25) is 0 Å². The molecule has 0 radical (unpaired) electrons. The summed E-state index contributed by atoms with van der Waals surface area (Å²) in [5.41, 5.74) is 1.31. The summed E-state index contributed by atoms with van der Waals surface area (Å²) in [7, 11) is -1.33. The van der Waals surface area contributed by atoms with Crippen molar-refractivity contribution in [1.82, 2.24) is 0 Å². The van der Waals surface area contributed by atoms with Gasteiger partial charge in [0, 0.05) is 11.1 Å². The Labute approximate surface area is 86.2 Å². The van der Waals surface area contributed by atoms with Gasteiger partial charge in [-0.2, -0.15) is 0 Å². The Hall–Kier alpha value is -1.33. The van der Waals surface area contributed by atoms with E-state index in [4.69, 9.17) is 6.42 Å². The first kappa shape index (κ1) is 10.7. The third-order valence-electron chi connectivity index (χ3n) is 2.20. The number of terminal acetylenes is 1. The fourth-order valence-corrected chi connectivity index (χ4v) is 2.41. The molecule has 0 heterocycles. The molecule has 0 amide bonds. The topological polar surface area (TPSA) is 17.1 Å². The van der Waals surface area contributed by atoms with Crippen molar-refractivity contribution in [2.45, 2.75) is 19.6 Å². The minimum absolute atomic E-state index is 0.606. The predicted molar refractivity (Wildman–Crippen MR) is 62.7 cm³/mol. The minimum Gasteiger partial charge on any atom is -0.298 e. The van der Waals surface area contributed by atoms with Gasteiger partial charge in [0.05, 0.1) is 8.07 Å². The van der Waals surface area contributed by atoms with E-state index in [2.05, 4.69) is 25.6 Å². The third-order valence-corrected chi connectivity index (χ3v) is 4.24. The Morgan fingerprint density at radius 2 is 2.00 bits per heavy atom. The van der Waals surface area contributed by atoms with Gasteiger partial charge in [0.25, 0.3) is 0 Å². The minimum atomic E-state index is -1.33. The monoisotopic (exact) mass is 202 g/mol. The highest BCUT2D eigenvalue weighted by molar-refractivity contribution is 6.88. The lowest BCUT2D eigenvalue weighted by Crippen LogP contribution is -2.37. The highest BCUT2D eigenvalue weighted by atomic mass is 28.3. The average Bonchev–Trinajstić information content (AvgIpc) is 2.15. The maximum atomic E-state index is 10.7. The van der Waals surface area contributed by atoms with E-state index in [0.29, 0.717) is 11.1 Å². The first-order valence-corrected chi connectivity index (χ1v) is 8.05. The van der Waals surface area contributed by atoms with Crippen LogP contribution in [0.1, 0.15) is 15.9 Å². The quantitative estimate of drug-likeness (QED) is 0.407. The van der Waals surface area contributed by atoms with Crippen molar-refractivity contribution in [2.24, 2.45) is 0 Å². The fraction of sp³-hybridized carbons (Fsp3) is 0.250. The van der Waals surface area contributed by atoms with Crippen LogP contribution in [-0.2, 0) is 0 Å². The third kappa shape index (κ3) is 2.12. The Balaban J connectivity index is 3.30. The van der Waals surface area contributed by atoms with E-state index in [-0.39, 0.29) is 0 Å². The molecule has 1 aromatic rings. The van der Waals surface area contributed by atoms with E-state index < -0.39 is 8.07 Å². The van der Waals surface area contributed by atoms with Gasteiger partial charge < -0.3 is 0 Å². The fourth-order valence-electron chi connectivity index (χ4n) is 1.25. The van der Waals surface area contributed by atoms with Crippen LogP contribution in [0.25, 0.3) is 0 Å². The largest absolute Gasteiger partial charge is 0.298 e. The van der Waals surface area contributed by atoms with Crippen molar-refractivity contribution in [3.8, 4) is 12.3 Å². The molecule has 0 aromatic heterocycles. The van der Waals surface area contributed by atoms with E-state index in [1.165, 1.54) is 5.19 Å². The Kier molecular flexibility index (Phi) is 2.92. The summed E-state index contributed by atoms with van der Waals surface area (Å²) in [5, 5.41) is 1.29. The number of aldehydes is 1. The maximum absolute atomic E-state index is 10.7. The van der Waals surface area contributed by atoms with Crippen molar-refractivity contribution in [1.29, 1.82) is 0 Å². The first-order valence-electron chi connectivity index (χ1n) is 4.55. The Morgan fingerprint density at radius 1 is 1.36 bits per heavy atom. The number of benzene rings is 1. The van der Waals surface area contributed by atoms with Gasteiger partial charge >= 0.3 is 0 Å². The second-order valence-corrected chi connectivity index (χ2v) is 9.39. The first-order chi connectivity index (χ1) is 6.49. The zero-order valence-electron chi connectivity index (χ0n) is 8.79. The highest BCUT2D eigenvalue weighted by Crippen LogP contribution is 2.08. The molecule has 14 heavy (non-hydrogen) atoms. The zero-order chi connectivity index (χ0) is 10.8. The molecule has 0 bridgehead atoms. The normalized spacial score (nSPS) is 10.7. The summed E-state index contributed by atoms with van der Waals surface area (Å²) in [6.07, 6.45) is 6.15. The van der Waals surface area contributed by atoms with Crippen LogP contribution in [0, 0.1) is 12.3 Å². The number of hydrogen-bond acceptors (Lipinski definition) is 1. The lowest BCUT2D eigenvalue weighted by atomic mass is 10.1. The molecule has 1 nitrogen and oxygen atoms in total. The molecule has 0 unspecified atom stereocenters. The SMILES string of the molecule is C#Cc1cc([Si](C)(C)C)ccc1C=O. The molecule has 0 N–H and O–H groups in total. The maximum Gasteiger partial charge on any atom is 0.151 e. The predicted octanol–water partition coefficient (Wildman–Crippen LogP) is 2.03. The summed E-state index contributed by atoms with van der Waals surface area (Å²) in [6, 6.07) is 5.79. The average molecular weight is 202 g/mol. The molecule has 72 valence electrons. The van der Waals surface area contributed by atoms with Gasteiger partial charge in [-0.15, -0.1) is 6.42 Å². The molecule has 0 spiro atoms. The van der Waals surface area contributed by atoms with E-state index in [9.17, 15) is 4.79 Å². The Morgan fingerprint density at radius 3 is 2.43 bits per heavy atom. The van der Waals surface area contributed by atoms with Crippen LogP contribution in [0.15, 0.2) is 18.2 Å². The molecule has 0 saturated heterocycles. The van der Waals surface area contributed by atoms with E-state index in [1.807, 2.05) is 18.2 Å². The van der Waals surface area contributed by atoms with Crippen molar-refractivity contribution < 1.29 is 4.79 Å². The van der Waals surface area contributed by atoms with Crippen LogP contribution in [0.4, 0.5) is 0 Å². The summed E-state index contributed by atoms with van der Waals surface area (Å²) in [4.78, 5) is 10.7. The second kappa shape index (κ2) is 3.81. The summed E-state index contributed by atoms with van der Waals surface area (Å²) in [6.45, 7) is 6.76. The van der Waals surface area contributed by atoms with Crippen LogP contribution >= 0.6 is 0 Å². The van der Waals surface area contributed by atoms with Crippen LogP contribution < -0.4 is 5.19 Å². The molecule has 0 aliphatic rings. The zero-order valence-corrected chi connectivity index (χ0v) is 9.79. The molecule has 0 saturated carbocycles. The lowest BCUT2D eigenvalue weighted by Gasteiger charge is -2.17. The van der Waals surface area contributed by atoms with Gasteiger partial charge in [-0.1, -0.05) is 42.9 Å². The second-order valence-electron chi connectivity index (χ2n) is 4.31. The van der Waals surface area contributed by atoms with Crippen LogP contribution in [0.3, 0.4) is 0 Å². The van der Waals surface area contributed by atoms with Crippen LogP contribution in [0.2, 0.25) is 19.6 Å². The van der Waals surface area contributed by atoms with Crippen molar-refractivity contribution in [3.05, 3.63) is 29.3 Å². The molecule has 2 heteroatoms. The Bertz CT molecular complexity index is 394. The number of carbonyl (C=O) groups is 1. The number of hydrogen-bond donors (Lipinski definition) is 0. The van der Waals surface area contributed by atoms with Gasteiger partial charge in [0.1, 0.15) is 0 Å². The highest BCUT2D eigenvalue weighted by Gasteiger charge is 2.17. The van der Waals surface area contributed by atoms with Crippen molar-refractivity contribution in [2.75, 3.05) is 0 Å².